The van der Waals surface area contributed by atoms with Crippen LogP contribution in [-0.2, 0) is 6.42 Å². The Hall–Kier alpha value is -3.61. The van der Waals surface area contributed by atoms with Gasteiger partial charge in [0.15, 0.2) is 17.4 Å². The second kappa shape index (κ2) is 9.90. The molecule has 0 radical (unpaired) electrons. The fourth-order valence-corrected chi connectivity index (χ4v) is 3.70. The number of nitrogens with zero attached hydrogens (tertiary/aromatic N) is 1. The number of pyridine rings is 1. The van der Waals surface area contributed by atoms with Crippen molar-refractivity contribution >= 4 is 17.8 Å². The Morgan fingerprint density at radius 2 is 1.73 bits per heavy atom. The highest BCUT2D eigenvalue weighted by Gasteiger charge is 2.33. The van der Waals surface area contributed by atoms with Crippen LogP contribution in [0.1, 0.15) is 53.5 Å². The number of ether oxygens (including phenoxy) is 1. The van der Waals surface area contributed by atoms with Crippen molar-refractivity contribution in [3.63, 3.8) is 0 Å². The van der Waals surface area contributed by atoms with Gasteiger partial charge in [-0.25, -0.2) is 8.78 Å². The smallest absolute Gasteiger partial charge is 0.170 e. The minimum atomic E-state index is -0.678. The number of aryl methyl sites for hydroxylation is 1. The number of nitrogens with one attached hydrogen (secondary N) is 1. The molecular formula is C26H26F2N2O3. The third-order valence-corrected chi connectivity index (χ3v) is 5.32. The summed E-state index contributed by atoms with van der Waals surface area (Å²) in [5, 5.41) is 2.37. The normalized spacial score (nSPS) is 13.8. The molecule has 1 aliphatic heterocycles. The summed E-state index contributed by atoms with van der Waals surface area (Å²) in [4.78, 5) is 26.5. The molecule has 172 valence electrons. The fourth-order valence-electron chi connectivity index (χ4n) is 3.70. The van der Waals surface area contributed by atoms with Gasteiger partial charge in [0.2, 0.25) is 0 Å². The summed E-state index contributed by atoms with van der Waals surface area (Å²) in [5.41, 5.74) is 3.89. The van der Waals surface area contributed by atoms with E-state index in [2.05, 4.69) is 17.2 Å². The van der Waals surface area contributed by atoms with Gasteiger partial charge >= 0.3 is 0 Å². The van der Waals surface area contributed by atoms with E-state index < -0.39 is 17.2 Å². The molecule has 1 aliphatic rings. The summed E-state index contributed by atoms with van der Waals surface area (Å²) in [6.45, 7) is 5.93. The van der Waals surface area contributed by atoms with Gasteiger partial charge in [0, 0.05) is 12.6 Å². The molecule has 0 spiro atoms. The maximum absolute atomic E-state index is 12.5. The standard InChI is InChI=1S/C20H20O3.C6H6F2N2/c1-4-14-9-17-18(22)11-20(2,3)23-19(17)10-16(14)15-7-5-13(12-21)6-8-15;1-9-6-4(7)2-10-3-5(6)8/h5-10,12H,4,11H2,1-3H3;2-3H,1H3,(H,9,10). The minimum absolute atomic E-state index is 0.133. The van der Waals surface area contributed by atoms with Crippen molar-refractivity contribution in [1.29, 1.82) is 0 Å². The Kier molecular flexibility index (Phi) is 7.21. The molecule has 0 amide bonds. The number of benzene rings is 2. The zero-order chi connectivity index (χ0) is 24.2. The first-order valence-electron chi connectivity index (χ1n) is 10.6. The molecule has 0 bridgehead atoms. The lowest BCUT2D eigenvalue weighted by Crippen LogP contribution is -2.36. The van der Waals surface area contributed by atoms with E-state index in [-0.39, 0.29) is 11.5 Å². The number of anilines is 1. The van der Waals surface area contributed by atoms with Gasteiger partial charge in [-0.15, -0.1) is 0 Å². The highest BCUT2D eigenvalue weighted by molar-refractivity contribution is 6.01. The van der Waals surface area contributed by atoms with E-state index in [1.807, 2.05) is 38.1 Å². The molecule has 5 nitrogen and oxygen atoms in total. The van der Waals surface area contributed by atoms with Crippen molar-refractivity contribution < 1.29 is 23.1 Å². The Balaban J connectivity index is 0.000000257. The van der Waals surface area contributed by atoms with Gasteiger partial charge < -0.3 is 10.1 Å². The lowest BCUT2D eigenvalue weighted by atomic mass is 9.88. The Bertz CT molecular complexity index is 1150. The van der Waals surface area contributed by atoms with Gasteiger partial charge in [-0.1, -0.05) is 31.2 Å². The topological polar surface area (TPSA) is 68.3 Å². The largest absolute Gasteiger partial charge is 0.487 e. The Morgan fingerprint density at radius 3 is 2.24 bits per heavy atom. The number of aldehydes is 1. The predicted octanol–water partition coefficient (Wildman–Crippen LogP) is 5.87. The Morgan fingerprint density at radius 1 is 1.09 bits per heavy atom. The fraction of sp³-hybridized carbons (Fsp3) is 0.269. The first kappa shape index (κ1) is 24.0. The van der Waals surface area contributed by atoms with Crippen molar-refractivity contribution in [2.45, 2.75) is 39.2 Å². The van der Waals surface area contributed by atoms with Gasteiger partial charge in [-0.05, 0) is 49.1 Å². The summed E-state index contributed by atoms with van der Waals surface area (Å²) in [7, 11) is 1.45. The first-order chi connectivity index (χ1) is 15.7. The maximum atomic E-state index is 12.5. The lowest BCUT2D eigenvalue weighted by Gasteiger charge is -2.32. The Labute approximate surface area is 191 Å². The first-order valence-corrected chi connectivity index (χ1v) is 10.6. The lowest BCUT2D eigenvalue weighted by molar-refractivity contribution is 0.0620. The highest BCUT2D eigenvalue weighted by Crippen LogP contribution is 2.38. The van der Waals surface area contributed by atoms with Crippen LogP contribution in [0, 0.1) is 11.6 Å². The molecule has 0 saturated heterocycles. The van der Waals surface area contributed by atoms with E-state index in [1.165, 1.54) is 7.05 Å². The molecule has 2 aromatic carbocycles. The van der Waals surface area contributed by atoms with E-state index in [9.17, 15) is 18.4 Å². The van der Waals surface area contributed by atoms with Crippen molar-refractivity contribution in [1.82, 2.24) is 4.98 Å². The third kappa shape index (κ3) is 5.42. The monoisotopic (exact) mass is 452 g/mol. The summed E-state index contributed by atoms with van der Waals surface area (Å²) in [6.07, 6.45) is 3.97. The zero-order valence-corrected chi connectivity index (χ0v) is 19.0. The van der Waals surface area contributed by atoms with Gasteiger partial charge in [-0.2, -0.15) is 0 Å². The molecule has 0 atom stereocenters. The molecule has 7 heteroatoms. The number of ketones is 1. The average molecular weight is 453 g/mol. The van der Waals surface area contributed by atoms with E-state index in [1.54, 1.807) is 12.1 Å². The van der Waals surface area contributed by atoms with Crippen molar-refractivity contribution in [3.8, 4) is 16.9 Å². The summed E-state index contributed by atoms with van der Waals surface area (Å²) in [5.74, 6) is -0.572. The molecule has 0 saturated carbocycles. The van der Waals surface area contributed by atoms with E-state index in [4.69, 9.17) is 4.74 Å². The van der Waals surface area contributed by atoms with Gasteiger partial charge in [-0.3, -0.25) is 14.6 Å². The number of aromatic nitrogens is 1. The number of fused-ring (bicyclic) bond motifs is 1. The van der Waals surface area contributed by atoms with Crippen LogP contribution in [0.5, 0.6) is 5.75 Å². The summed E-state index contributed by atoms with van der Waals surface area (Å²) >= 11 is 0. The van der Waals surface area contributed by atoms with E-state index in [0.29, 0.717) is 23.3 Å². The zero-order valence-electron chi connectivity index (χ0n) is 19.0. The quantitative estimate of drug-likeness (QED) is 0.501. The van der Waals surface area contributed by atoms with Crippen LogP contribution in [0.15, 0.2) is 48.8 Å². The van der Waals surface area contributed by atoms with Crippen molar-refractivity contribution in [2.24, 2.45) is 0 Å². The predicted molar refractivity (Wildman–Crippen MR) is 124 cm³/mol. The van der Waals surface area contributed by atoms with Crippen LogP contribution in [0.4, 0.5) is 14.5 Å². The second-order valence-electron chi connectivity index (χ2n) is 8.29. The third-order valence-electron chi connectivity index (χ3n) is 5.32. The van der Waals surface area contributed by atoms with Crippen molar-refractivity contribution in [3.05, 3.63) is 77.1 Å². The number of carbonyl (C=O) groups is 2. The number of hydrogen-bond donors (Lipinski definition) is 1. The van der Waals surface area contributed by atoms with Gasteiger partial charge in [0.05, 0.1) is 24.4 Å². The molecule has 0 unspecified atom stereocenters. The van der Waals surface area contributed by atoms with Crippen LogP contribution in [-0.4, -0.2) is 29.7 Å². The number of carbonyl (C=O) groups excluding carboxylic acids is 2. The van der Waals surface area contributed by atoms with Crippen LogP contribution >= 0.6 is 0 Å². The van der Waals surface area contributed by atoms with Crippen LogP contribution in [0.2, 0.25) is 0 Å². The molecular weight excluding hydrogens is 426 g/mol. The number of halogens is 2. The molecule has 4 rings (SSSR count). The number of rotatable bonds is 4. The maximum Gasteiger partial charge on any atom is 0.170 e. The van der Waals surface area contributed by atoms with Crippen molar-refractivity contribution in [2.75, 3.05) is 12.4 Å². The van der Waals surface area contributed by atoms with Gasteiger partial charge in [0.1, 0.15) is 23.3 Å². The van der Waals surface area contributed by atoms with E-state index in [0.717, 1.165) is 41.8 Å². The summed E-state index contributed by atoms with van der Waals surface area (Å²) < 4.78 is 31.0. The molecule has 1 aromatic heterocycles. The number of Topliss-reactive ketones (excluding diaryl/α,β-unsaturated/α-hetero) is 1. The molecule has 0 aliphatic carbocycles. The van der Waals surface area contributed by atoms with E-state index >= 15 is 0 Å². The average Bonchev–Trinajstić information content (AvgIpc) is 2.78. The summed E-state index contributed by atoms with van der Waals surface area (Å²) in [6, 6.07) is 11.4. The molecule has 1 N–H and O–H groups in total. The van der Waals surface area contributed by atoms with Crippen LogP contribution in [0.3, 0.4) is 0 Å². The minimum Gasteiger partial charge on any atom is -0.487 e. The molecule has 33 heavy (non-hydrogen) atoms. The SMILES string of the molecule is CCc1cc2c(cc1-c1ccc(C=O)cc1)OC(C)(C)CC2=O.CNc1c(F)cncc1F. The molecule has 2 heterocycles. The van der Waals surface area contributed by atoms with Gasteiger partial charge in [0.25, 0.3) is 0 Å². The highest BCUT2D eigenvalue weighted by atomic mass is 19.1. The molecule has 3 aromatic rings. The van der Waals surface area contributed by atoms with Crippen LogP contribution < -0.4 is 10.1 Å². The molecule has 0 fully saturated rings. The second-order valence-corrected chi connectivity index (χ2v) is 8.29. The van der Waals surface area contributed by atoms with Crippen LogP contribution in [0.25, 0.3) is 11.1 Å². The number of hydrogen-bond acceptors (Lipinski definition) is 5.